The second-order valence-corrected chi connectivity index (χ2v) is 5.52. The van der Waals surface area contributed by atoms with Gasteiger partial charge in [-0.1, -0.05) is 23.7 Å². The Labute approximate surface area is 127 Å². The second kappa shape index (κ2) is 5.29. The van der Waals surface area contributed by atoms with Crippen molar-refractivity contribution in [1.29, 1.82) is 0 Å². The second-order valence-electron chi connectivity index (χ2n) is 4.51. The van der Waals surface area contributed by atoms with E-state index in [4.69, 9.17) is 12.6 Å². The van der Waals surface area contributed by atoms with Crippen LogP contribution in [0.5, 0.6) is 5.75 Å². The molecule has 102 valence electrons. The van der Waals surface area contributed by atoms with Gasteiger partial charge in [0, 0.05) is 0 Å². The minimum absolute atomic E-state index is 0.347. The normalized spacial score (nSPS) is 16.5. The van der Waals surface area contributed by atoms with E-state index < -0.39 is 0 Å². The summed E-state index contributed by atoms with van der Waals surface area (Å²) in [6.07, 6.45) is 1.63. The van der Waals surface area contributed by atoms with Crippen LogP contribution >= 0.6 is 11.8 Å². The van der Waals surface area contributed by atoms with Crippen LogP contribution in [-0.4, -0.2) is 26.1 Å². The number of ether oxygens (including phenoxy) is 1. The third-order valence-electron chi connectivity index (χ3n) is 3.23. The van der Waals surface area contributed by atoms with Gasteiger partial charge in [0.25, 0.3) is 11.1 Å². The Morgan fingerprint density at radius 2 is 2.05 bits per heavy atom. The van der Waals surface area contributed by atoms with Crippen molar-refractivity contribution in [3.8, 4) is 5.75 Å². The molecule has 2 amide bonds. The van der Waals surface area contributed by atoms with Gasteiger partial charge in [-0.25, -0.2) is 0 Å². The monoisotopic (exact) mass is 295 g/mol. The van der Waals surface area contributed by atoms with Gasteiger partial charge in [-0.15, -0.1) is 0 Å². The zero-order chi connectivity index (χ0) is 15.0. The minimum Gasteiger partial charge on any atom is -0.497 e. The van der Waals surface area contributed by atoms with E-state index in [2.05, 4.69) is 5.32 Å². The largest absolute Gasteiger partial charge is 0.497 e. The van der Waals surface area contributed by atoms with Gasteiger partial charge in [0.2, 0.25) is 0 Å². The number of methoxy groups -OCH3 is 1. The average Bonchev–Trinajstić information content (AvgIpc) is 2.79. The number of thioether (sulfide) groups is 1. The van der Waals surface area contributed by atoms with Crippen LogP contribution in [0.3, 0.4) is 0 Å². The van der Waals surface area contributed by atoms with E-state index in [9.17, 15) is 9.59 Å². The summed E-state index contributed by atoms with van der Waals surface area (Å²) in [5, 5.41) is 3.68. The van der Waals surface area contributed by atoms with Crippen molar-refractivity contribution in [2.24, 2.45) is 0 Å². The molecule has 3 rings (SSSR count). The number of hydrogen-bond donors (Lipinski definition) is 1. The number of fused-ring (bicyclic) bond motifs is 1. The molecule has 4 nitrogen and oxygen atoms in total. The summed E-state index contributed by atoms with van der Waals surface area (Å²) in [6, 6.07) is 9.32. The van der Waals surface area contributed by atoms with E-state index in [0.717, 1.165) is 28.3 Å². The highest BCUT2D eigenvalue weighted by Gasteiger charge is 2.25. The average molecular weight is 295 g/mol. The van der Waals surface area contributed by atoms with Gasteiger partial charge in [0.1, 0.15) is 13.6 Å². The van der Waals surface area contributed by atoms with E-state index in [1.54, 1.807) is 13.2 Å². The third kappa shape index (κ3) is 2.54. The van der Waals surface area contributed by atoms with Crippen molar-refractivity contribution in [3.63, 3.8) is 0 Å². The fourth-order valence-corrected chi connectivity index (χ4v) is 2.84. The molecule has 21 heavy (non-hydrogen) atoms. The summed E-state index contributed by atoms with van der Waals surface area (Å²) < 4.78 is 5.18. The standard InChI is InChI=1S/C15H10BNO3S/c1-20-10-4-5-11-8(6-10)2-3-9(13(11)16)7-12-14(18)17-15(19)21-12/h2-7H,1H3,(H,17,18,19)/b12-7-. The van der Waals surface area contributed by atoms with Crippen molar-refractivity contribution in [2.45, 2.75) is 0 Å². The fraction of sp³-hybridized carbons (Fsp3) is 0.0667. The van der Waals surface area contributed by atoms with Gasteiger partial charge in [-0.05, 0) is 46.3 Å². The lowest BCUT2D eigenvalue weighted by Gasteiger charge is -2.08. The molecule has 0 atom stereocenters. The first-order chi connectivity index (χ1) is 10.1. The number of amides is 2. The third-order valence-corrected chi connectivity index (χ3v) is 4.04. The van der Waals surface area contributed by atoms with Gasteiger partial charge < -0.3 is 4.74 Å². The zero-order valence-corrected chi connectivity index (χ0v) is 12.0. The lowest BCUT2D eigenvalue weighted by Crippen LogP contribution is -2.18. The molecule has 2 aromatic rings. The van der Waals surface area contributed by atoms with Crippen LogP contribution in [0.25, 0.3) is 16.8 Å². The molecule has 1 aliphatic rings. The lowest BCUT2D eigenvalue weighted by molar-refractivity contribution is -0.115. The number of benzene rings is 2. The zero-order valence-electron chi connectivity index (χ0n) is 11.2. The summed E-state index contributed by atoms with van der Waals surface area (Å²) in [5.41, 5.74) is 1.27. The van der Waals surface area contributed by atoms with Crippen LogP contribution in [-0.2, 0) is 4.79 Å². The first kappa shape index (κ1) is 13.8. The van der Waals surface area contributed by atoms with Crippen LogP contribution in [0.4, 0.5) is 4.79 Å². The molecule has 1 saturated heterocycles. The molecule has 1 aliphatic heterocycles. The van der Waals surface area contributed by atoms with Crippen LogP contribution < -0.4 is 15.5 Å². The van der Waals surface area contributed by atoms with E-state index in [-0.39, 0.29) is 11.1 Å². The Balaban J connectivity index is 2.08. The Morgan fingerprint density at radius 1 is 1.24 bits per heavy atom. The van der Waals surface area contributed by atoms with Crippen molar-refractivity contribution >= 4 is 53.1 Å². The minimum atomic E-state index is -0.390. The number of imide groups is 1. The molecular weight excluding hydrogens is 285 g/mol. The Hall–Kier alpha value is -2.21. The molecule has 1 fully saturated rings. The van der Waals surface area contributed by atoms with Crippen LogP contribution in [0.2, 0.25) is 0 Å². The van der Waals surface area contributed by atoms with Gasteiger partial charge in [0.15, 0.2) is 0 Å². The quantitative estimate of drug-likeness (QED) is 0.680. The maximum atomic E-state index is 11.6. The van der Waals surface area contributed by atoms with Crippen molar-refractivity contribution in [1.82, 2.24) is 5.32 Å². The smallest absolute Gasteiger partial charge is 0.290 e. The topological polar surface area (TPSA) is 55.4 Å². The van der Waals surface area contributed by atoms with Gasteiger partial charge in [-0.3, -0.25) is 14.9 Å². The van der Waals surface area contributed by atoms with E-state index >= 15 is 0 Å². The molecule has 6 heteroatoms. The molecule has 2 radical (unpaired) electrons. The summed E-state index contributed by atoms with van der Waals surface area (Å²) in [5.74, 6) is 0.364. The highest BCUT2D eigenvalue weighted by Crippen LogP contribution is 2.26. The number of carbonyl (C=O) groups is 2. The highest BCUT2D eigenvalue weighted by atomic mass is 32.2. The summed E-state index contributed by atoms with van der Waals surface area (Å²) >= 11 is 0.875. The molecule has 0 aromatic heterocycles. The summed E-state index contributed by atoms with van der Waals surface area (Å²) in [6.45, 7) is 0. The Morgan fingerprint density at radius 3 is 2.71 bits per heavy atom. The van der Waals surface area contributed by atoms with E-state index in [1.165, 1.54) is 0 Å². The summed E-state index contributed by atoms with van der Waals surface area (Å²) in [7, 11) is 7.76. The van der Waals surface area contributed by atoms with Gasteiger partial charge in [-0.2, -0.15) is 0 Å². The molecule has 0 unspecified atom stereocenters. The molecular formula is C15H10BNO3S. The summed E-state index contributed by atoms with van der Waals surface area (Å²) in [4.78, 5) is 23.1. The van der Waals surface area contributed by atoms with E-state index in [1.807, 2.05) is 30.3 Å². The molecule has 1 heterocycles. The predicted molar refractivity (Wildman–Crippen MR) is 85.0 cm³/mol. The van der Waals surface area contributed by atoms with Crippen molar-refractivity contribution < 1.29 is 14.3 Å². The first-order valence-electron chi connectivity index (χ1n) is 6.19. The van der Waals surface area contributed by atoms with Crippen LogP contribution in [0.1, 0.15) is 5.56 Å². The highest BCUT2D eigenvalue weighted by molar-refractivity contribution is 8.18. The number of hydrogen-bond acceptors (Lipinski definition) is 4. The lowest BCUT2D eigenvalue weighted by atomic mass is 9.85. The van der Waals surface area contributed by atoms with Crippen LogP contribution in [0.15, 0.2) is 35.2 Å². The maximum absolute atomic E-state index is 11.6. The van der Waals surface area contributed by atoms with Crippen molar-refractivity contribution in [3.05, 3.63) is 40.8 Å². The van der Waals surface area contributed by atoms with Crippen molar-refractivity contribution in [2.75, 3.05) is 7.11 Å². The Bertz CT molecular complexity index is 801. The van der Waals surface area contributed by atoms with Gasteiger partial charge >= 0.3 is 0 Å². The number of carbonyl (C=O) groups excluding carboxylic acids is 2. The Kier molecular flexibility index (Phi) is 3.47. The molecule has 0 spiro atoms. The molecule has 0 saturated carbocycles. The van der Waals surface area contributed by atoms with Gasteiger partial charge in [0.05, 0.1) is 12.0 Å². The SMILES string of the molecule is [B]c1c(/C=C2\SC(=O)NC2=O)ccc2cc(OC)ccc12. The first-order valence-corrected chi connectivity index (χ1v) is 7.01. The molecule has 2 aromatic carbocycles. The molecule has 0 aliphatic carbocycles. The molecule has 1 N–H and O–H groups in total. The fourth-order valence-electron chi connectivity index (χ4n) is 2.16. The predicted octanol–water partition coefficient (Wildman–Crippen LogP) is 1.97. The number of rotatable bonds is 2. The van der Waals surface area contributed by atoms with Crippen LogP contribution in [0, 0.1) is 0 Å². The maximum Gasteiger partial charge on any atom is 0.290 e. The van der Waals surface area contributed by atoms with E-state index in [0.29, 0.717) is 15.9 Å². The molecule has 0 bridgehead atoms. The number of nitrogens with one attached hydrogen (secondary N) is 1.